The Labute approximate surface area is 298 Å². The summed E-state index contributed by atoms with van der Waals surface area (Å²) in [7, 11) is 1.93. The van der Waals surface area contributed by atoms with Gasteiger partial charge in [0.2, 0.25) is 11.9 Å². The maximum absolute atomic E-state index is 14.0. The standard InChI is InChI=1S/C38H55Cl2N5O3/c1-4-6-7-8-9-10-11-12-13-14-15-16-17-18-19-23-35(46)48-28-30(26-31-27-41-29-44(31)3)32(5-2)37(47)45-25-24-42-38(45)43-36-33(39)21-20-22-34(36)40/h9-10,12-13,20-22,27,29-30,32H,4-8,11,14-19,23-26,28H2,1-3H3,(H,42,43)/b10-9-,13-12-/t30-,32-/m0/s1. The Morgan fingerprint density at radius 3 is 2.33 bits per heavy atom. The van der Waals surface area contributed by atoms with Crippen LogP contribution in [0.1, 0.15) is 103 Å². The molecular formula is C38H55Cl2N5O3. The van der Waals surface area contributed by atoms with Gasteiger partial charge in [0.25, 0.3) is 0 Å². The van der Waals surface area contributed by atoms with Gasteiger partial charge in [0.1, 0.15) is 0 Å². The van der Waals surface area contributed by atoms with Crippen molar-refractivity contribution < 1.29 is 14.3 Å². The number of carbonyl (C=O) groups is 2. The van der Waals surface area contributed by atoms with Crippen LogP contribution in [0.15, 0.2) is 60.0 Å². The first-order valence-corrected chi connectivity index (χ1v) is 18.6. The molecule has 0 bridgehead atoms. The van der Waals surface area contributed by atoms with Crippen LogP contribution in [0.4, 0.5) is 5.69 Å². The molecule has 2 atom stereocenters. The van der Waals surface area contributed by atoms with Crippen molar-refractivity contribution >= 4 is 46.7 Å². The first-order chi connectivity index (χ1) is 23.3. The number of halogens is 2. The van der Waals surface area contributed by atoms with Crippen LogP contribution in [0.3, 0.4) is 0 Å². The van der Waals surface area contributed by atoms with E-state index in [1.54, 1.807) is 35.6 Å². The minimum absolute atomic E-state index is 0.0682. The fraction of sp³-hybridized carbons (Fsp3) is 0.579. The predicted molar refractivity (Wildman–Crippen MR) is 199 cm³/mol. The number of guanidine groups is 1. The third-order valence-corrected chi connectivity index (χ3v) is 9.44. The van der Waals surface area contributed by atoms with Crippen LogP contribution in [0.2, 0.25) is 10.0 Å². The molecule has 1 amide bonds. The van der Waals surface area contributed by atoms with E-state index in [0.717, 1.165) is 37.8 Å². The molecule has 0 unspecified atom stereocenters. The molecule has 1 aromatic heterocycles. The Balaban J connectivity index is 1.45. The molecule has 2 heterocycles. The number of hydrogen-bond donors (Lipinski definition) is 1. The van der Waals surface area contributed by atoms with Crippen LogP contribution in [-0.2, 0) is 27.8 Å². The molecule has 0 fully saturated rings. The number of amides is 1. The van der Waals surface area contributed by atoms with Gasteiger partial charge in [-0.1, -0.05) is 99.5 Å². The molecule has 1 aliphatic heterocycles. The van der Waals surface area contributed by atoms with Gasteiger partial charge in [0, 0.05) is 43.7 Å². The number of imidazole rings is 1. The third-order valence-electron chi connectivity index (χ3n) is 8.81. The van der Waals surface area contributed by atoms with E-state index in [1.807, 2.05) is 18.5 Å². The average molecular weight is 701 g/mol. The number of nitrogens with one attached hydrogen (secondary N) is 1. The number of unbranched alkanes of at least 4 members (excludes halogenated alkanes) is 8. The van der Waals surface area contributed by atoms with Gasteiger partial charge in [-0.05, 0) is 63.5 Å². The average Bonchev–Trinajstić information content (AvgIpc) is 3.72. The van der Waals surface area contributed by atoms with Gasteiger partial charge in [-0.3, -0.25) is 19.5 Å². The van der Waals surface area contributed by atoms with Crippen molar-refractivity contribution in [3.63, 3.8) is 0 Å². The minimum Gasteiger partial charge on any atom is -0.465 e. The number of carbonyl (C=O) groups excluding carboxylic acids is 2. The fourth-order valence-corrected chi connectivity index (χ4v) is 6.42. The molecule has 264 valence electrons. The second-order valence-corrected chi connectivity index (χ2v) is 13.4. The largest absolute Gasteiger partial charge is 0.465 e. The molecular weight excluding hydrogens is 645 g/mol. The third kappa shape index (κ3) is 13.4. The lowest BCUT2D eigenvalue weighted by Gasteiger charge is -2.30. The summed E-state index contributed by atoms with van der Waals surface area (Å²) in [4.78, 5) is 37.3. The SMILES string of the molecule is CCCCC/C=C\C/C=C\CCCCCCCC(=O)OC[C@H](Cc1cncn1C)[C@H](CC)C(=O)N1CCN=C1Nc1c(Cl)cccc1Cl. The number of allylic oxidation sites excluding steroid dienone is 4. The number of anilines is 1. The number of aryl methyl sites for hydroxylation is 1. The number of rotatable bonds is 22. The van der Waals surface area contributed by atoms with Crippen LogP contribution in [-0.4, -0.2) is 52.0 Å². The summed E-state index contributed by atoms with van der Waals surface area (Å²) in [5, 5.41) is 4.07. The fourth-order valence-electron chi connectivity index (χ4n) is 5.93. The van der Waals surface area contributed by atoms with E-state index in [9.17, 15) is 9.59 Å². The number of hydrogen-bond acceptors (Lipinski definition) is 6. The van der Waals surface area contributed by atoms with Crippen LogP contribution in [0, 0.1) is 11.8 Å². The lowest BCUT2D eigenvalue weighted by molar-refractivity contribution is -0.148. The van der Waals surface area contributed by atoms with E-state index in [4.69, 9.17) is 27.9 Å². The van der Waals surface area contributed by atoms with E-state index in [0.29, 0.717) is 54.0 Å². The molecule has 2 aromatic rings. The highest BCUT2D eigenvalue weighted by Crippen LogP contribution is 2.31. The van der Waals surface area contributed by atoms with Crippen molar-refractivity contribution in [1.82, 2.24) is 14.5 Å². The second kappa shape index (κ2) is 22.5. The van der Waals surface area contributed by atoms with Crippen LogP contribution in [0.25, 0.3) is 0 Å². The maximum atomic E-state index is 14.0. The molecule has 0 aliphatic carbocycles. The summed E-state index contributed by atoms with van der Waals surface area (Å²) in [6.07, 6.45) is 26.6. The zero-order valence-electron chi connectivity index (χ0n) is 29.1. The maximum Gasteiger partial charge on any atom is 0.305 e. The summed E-state index contributed by atoms with van der Waals surface area (Å²) < 4.78 is 7.77. The molecule has 0 saturated carbocycles. The lowest BCUT2D eigenvalue weighted by atomic mass is 9.85. The van der Waals surface area contributed by atoms with Gasteiger partial charge in [0.15, 0.2) is 0 Å². The Morgan fingerprint density at radius 1 is 0.979 bits per heavy atom. The second-order valence-electron chi connectivity index (χ2n) is 12.6. The van der Waals surface area contributed by atoms with Crippen molar-refractivity contribution in [3.8, 4) is 0 Å². The van der Waals surface area contributed by atoms with Crippen LogP contribution in [0.5, 0.6) is 0 Å². The smallest absolute Gasteiger partial charge is 0.305 e. The summed E-state index contributed by atoms with van der Waals surface area (Å²) in [5.41, 5.74) is 1.49. The molecule has 0 radical (unpaired) electrons. The lowest BCUT2D eigenvalue weighted by Crippen LogP contribution is -2.45. The zero-order chi connectivity index (χ0) is 34.6. The summed E-state index contributed by atoms with van der Waals surface area (Å²) in [5.74, 6) is -0.475. The van der Waals surface area contributed by atoms with E-state index in [-0.39, 0.29) is 24.4 Å². The van der Waals surface area contributed by atoms with E-state index < -0.39 is 5.92 Å². The predicted octanol–water partition coefficient (Wildman–Crippen LogP) is 9.58. The quantitative estimate of drug-likeness (QED) is 0.0751. The summed E-state index contributed by atoms with van der Waals surface area (Å²) in [6, 6.07) is 5.24. The normalized spacial score (nSPS) is 14.5. The van der Waals surface area contributed by atoms with Crippen molar-refractivity contribution in [1.29, 1.82) is 0 Å². The number of esters is 1. The van der Waals surface area contributed by atoms with Gasteiger partial charge in [-0.15, -0.1) is 0 Å². The van der Waals surface area contributed by atoms with E-state index in [2.05, 4.69) is 46.5 Å². The Kier molecular flexibility index (Phi) is 18.5. The van der Waals surface area contributed by atoms with Gasteiger partial charge < -0.3 is 14.6 Å². The van der Waals surface area contributed by atoms with Crippen molar-refractivity contribution in [2.45, 2.75) is 104 Å². The molecule has 1 aliphatic rings. The topological polar surface area (TPSA) is 88.8 Å². The van der Waals surface area contributed by atoms with Crippen molar-refractivity contribution in [2.75, 3.05) is 25.0 Å². The van der Waals surface area contributed by atoms with Gasteiger partial charge in [-0.2, -0.15) is 0 Å². The summed E-state index contributed by atoms with van der Waals surface area (Å²) >= 11 is 12.8. The van der Waals surface area contributed by atoms with Crippen LogP contribution < -0.4 is 5.32 Å². The molecule has 1 aromatic carbocycles. The number of para-hydroxylation sites is 1. The van der Waals surface area contributed by atoms with Crippen molar-refractivity contribution in [3.05, 3.63) is 70.8 Å². The minimum atomic E-state index is -0.393. The molecule has 48 heavy (non-hydrogen) atoms. The summed E-state index contributed by atoms with van der Waals surface area (Å²) in [6.45, 7) is 5.32. The molecule has 3 rings (SSSR count). The monoisotopic (exact) mass is 699 g/mol. The van der Waals surface area contributed by atoms with Gasteiger partial charge >= 0.3 is 5.97 Å². The highest BCUT2D eigenvalue weighted by Gasteiger charge is 2.35. The molecule has 8 nitrogen and oxygen atoms in total. The Bertz CT molecular complexity index is 1340. The van der Waals surface area contributed by atoms with E-state index in [1.165, 1.54) is 38.5 Å². The highest BCUT2D eigenvalue weighted by molar-refractivity contribution is 6.39. The number of ether oxygens (including phenoxy) is 1. The zero-order valence-corrected chi connectivity index (χ0v) is 30.7. The van der Waals surface area contributed by atoms with Gasteiger partial charge in [-0.25, -0.2) is 4.98 Å². The number of benzene rings is 1. The van der Waals surface area contributed by atoms with E-state index >= 15 is 0 Å². The Hall–Kier alpha value is -3.10. The molecule has 0 saturated heterocycles. The molecule has 0 spiro atoms. The number of aliphatic imine (C=N–C) groups is 1. The molecule has 1 N–H and O–H groups in total. The Morgan fingerprint density at radius 2 is 1.67 bits per heavy atom. The number of aromatic nitrogens is 2. The van der Waals surface area contributed by atoms with Crippen LogP contribution >= 0.6 is 23.2 Å². The number of nitrogens with zero attached hydrogens (tertiary/aromatic N) is 4. The highest BCUT2D eigenvalue weighted by atomic mass is 35.5. The van der Waals surface area contributed by atoms with Gasteiger partial charge in [0.05, 0.1) is 35.2 Å². The molecule has 10 heteroatoms. The van der Waals surface area contributed by atoms with Crippen molar-refractivity contribution in [2.24, 2.45) is 23.9 Å². The first-order valence-electron chi connectivity index (χ1n) is 17.8. The first kappa shape index (κ1) is 39.3.